The third kappa shape index (κ3) is 2.11. The van der Waals surface area contributed by atoms with Crippen molar-refractivity contribution in [2.75, 3.05) is 0 Å². The number of aromatic amines is 1. The summed E-state index contributed by atoms with van der Waals surface area (Å²) < 4.78 is 0. The van der Waals surface area contributed by atoms with Crippen LogP contribution in [-0.2, 0) is 6.54 Å². The summed E-state index contributed by atoms with van der Waals surface area (Å²) in [5, 5.41) is 0. The van der Waals surface area contributed by atoms with Crippen LogP contribution in [0.2, 0.25) is 0 Å². The van der Waals surface area contributed by atoms with Gasteiger partial charge in [-0.2, -0.15) is 0 Å². The molecule has 0 amide bonds. The Kier molecular flexibility index (Phi) is 2.60. The van der Waals surface area contributed by atoms with Crippen LogP contribution in [0, 0.1) is 0 Å². The van der Waals surface area contributed by atoms with Gasteiger partial charge in [0.1, 0.15) is 0 Å². The highest BCUT2D eigenvalue weighted by molar-refractivity contribution is 5.53. The SMILES string of the molecule is NCc1ccc(-c2cccc(=O)[nH]2)nc1. The average molecular weight is 201 g/mol. The van der Waals surface area contributed by atoms with Crippen LogP contribution in [0.4, 0.5) is 0 Å². The summed E-state index contributed by atoms with van der Waals surface area (Å²) >= 11 is 0. The van der Waals surface area contributed by atoms with Crippen LogP contribution in [0.5, 0.6) is 0 Å². The predicted molar refractivity (Wildman–Crippen MR) is 58.2 cm³/mol. The van der Waals surface area contributed by atoms with Crippen molar-refractivity contribution >= 4 is 0 Å². The van der Waals surface area contributed by atoms with Gasteiger partial charge in [0.25, 0.3) is 0 Å². The van der Waals surface area contributed by atoms with Crippen molar-refractivity contribution in [1.82, 2.24) is 9.97 Å². The van der Waals surface area contributed by atoms with Crippen LogP contribution in [0.25, 0.3) is 11.4 Å². The molecular weight excluding hydrogens is 190 g/mol. The van der Waals surface area contributed by atoms with Crippen LogP contribution >= 0.6 is 0 Å². The molecule has 2 aromatic heterocycles. The fraction of sp³-hybridized carbons (Fsp3) is 0.0909. The van der Waals surface area contributed by atoms with Gasteiger partial charge in [0.2, 0.25) is 5.56 Å². The fourth-order valence-corrected chi connectivity index (χ4v) is 1.30. The Morgan fingerprint density at radius 3 is 2.73 bits per heavy atom. The molecule has 0 spiro atoms. The molecule has 0 unspecified atom stereocenters. The summed E-state index contributed by atoms with van der Waals surface area (Å²) in [5.41, 5.74) is 7.76. The maximum absolute atomic E-state index is 11.1. The van der Waals surface area contributed by atoms with Crippen molar-refractivity contribution < 1.29 is 0 Å². The van der Waals surface area contributed by atoms with E-state index in [0.29, 0.717) is 12.2 Å². The van der Waals surface area contributed by atoms with E-state index < -0.39 is 0 Å². The maximum atomic E-state index is 11.1. The molecule has 0 fully saturated rings. The zero-order valence-corrected chi connectivity index (χ0v) is 8.10. The smallest absolute Gasteiger partial charge is 0.248 e. The number of aromatic nitrogens is 2. The van der Waals surface area contributed by atoms with Crippen LogP contribution in [0.1, 0.15) is 5.56 Å². The highest BCUT2D eigenvalue weighted by Crippen LogP contribution is 2.11. The molecule has 0 bridgehead atoms. The van der Waals surface area contributed by atoms with Crippen LogP contribution in [-0.4, -0.2) is 9.97 Å². The largest absolute Gasteiger partial charge is 0.326 e. The molecule has 3 N–H and O–H groups in total. The second-order valence-electron chi connectivity index (χ2n) is 3.18. The molecule has 15 heavy (non-hydrogen) atoms. The van der Waals surface area contributed by atoms with Crippen molar-refractivity contribution in [1.29, 1.82) is 0 Å². The van der Waals surface area contributed by atoms with E-state index in [1.54, 1.807) is 12.3 Å². The third-order valence-electron chi connectivity index (χ3n) is 2.10. The summed E-state index contributed by atoms with van der Waals surface area (Å²) in [6.45, 7) is 0.471. The van der Waals surface area contributed by atoms with E-state index in [2.05, 4.69) is 9.97 Å². The van der Waals surface area contributed by atoms with Gasteiger partial charge in [-0.05, 0) is 17.7 Å². The quantitative estimate of drug-likeness (QED) is 0.758. The molecular formula is C11H11N3O. The first-order valence-corrected chi connectivity index (χ1v) is 4.64. The molecule has 2 aromatic rings. The zero-order valence-electron chi connectivity index (χ0n) is 8.10. The van der Waals surface area contributed by atoms with E-state index in [1.807, 2.05) is 18.2 Å². The number of nitrogens with one attached hydrogen (secondary N) is 1. The molecule has 4 nitrogen and oxygen atoms in total. The molecule has 0 saturated heterocycles. The fourth-order valence-electron chi connectivity index (χ4n) is 1.30. The molecule has 0 aliphatic heterocycles. The van der Waals surface area contributed by atoms with Crippen LogP contribution in [0.15, 0.2) is 41.3 Å². The number of hydrogen-bond acceptors (Lipinski definition) is 3. The summed E-state index contributed by atoms with van der Waals surface area (Å²) in [4.78, 5) is 18.0. The highest BCUT2D eigenvalue weighted by atomic mass is 16.1. The molecule has 0 aliphatic rings. The molecule has 2 rings (SSSR count). The van der Waals surface area contributed by atoms with Gasteiger partial charge in [-0.25, -0.2) is 0 Å². The second kappa shape index (κ2) is 4.06. The van der Waals surface area contributed by atoms with E-state index in [9.17, 15) is 4.79 Å². The van der Waals surface area contributed by atoms with Gasteiger partial charge in [-0.15, -0.1) is 0 Å². The Morgan fingerprint density at radius 2 is 2.13 bits per heavy atom. The van der Waals surface area contributed by atoms with E-state index in [-0.39, 0.29) is 5.56 Å². The minimum Gasteiger partial charge on any atom is -0.326 e. The van der Waals surface area contributed by atoms with Crippen molar-refractivity contribution in [3.05, 3.63) is 52.4 Å². The van der Waals surface area contributed by atoms with Gasteiger partial charge in [0, 0.05) is 18.8 Å². The van der Waals surface area contributed by atoms with Crippen molar-refractivity contribution in [3.63, 3.8) is 0 Å². The first kappa shape index (κ1) is 9.61. The molecule has 0 saturated carbocycles. The minimum atomic E-state index is -0.128. The van der Waals surface area contributed by atoms with E-state index >= 15 is 0 Å². The average Bonchev–Trinajstić information content (AvgIpc) is 2.29. The van der Waals surface area contributed by atoms with Crippen LogP contribution < -0.4 is 11.3 Å². The molecule has 2 heterocycles. The first-order chi connectivity index (χ1) is 7.29. The Hall–Kier alpha value is -1.94. The predicted octanol–water partition coefficient (Wildman–Crippen LogP) is 0.896. The number of pyridine rings is 2. The van der Waals surface area contributed by atoms with Crippen molar-refractivity contribution in [2.24, 2.45) is 5.73 Å². The van der Waals surface area contributed by atoms with Gasteiger partial charge in [0.15, 0.2) is 0 Å². The van der Waals surface area contributed by atoms with E-state index in [4.69, 9.17) is 5.73 Å². The molecule has 0 aliphatic carbocycles. The lowest BCUT2D eigenvalue weighted by Gasteiger charge is -2.01. The maximum Gasteiger partial charge on any atom is 0.248 e. The first-order valence-electron chi connectivity index (χ1n) is 4.64. The molecule has 0 radical (unpaired) electrons. The number of rotatable bonds is 2. The van der Waals surface area contributed by atoms with Gasteiger partial charge in [-0.3, -0.25) is 9.78 Å². The molecule has 0 atom stereocenters. The molecule has 76 valence electrons. The van der Waals surface area contributed by atoms with Gasteiger partial charge >= 0.3 is 0 Å². The lowest BCUT2D eigenvalue weighted by molar-refractivity contribution is 1.05. The second-order valence-corrected chi connectivity index (χ2v) is 3.18. The van der Waals surface area contributed by atoms with Crippen LogP contribution in [0.3, 0.4) is 0 Å². The zero-order chi connectivity index (χ0) is 10.7. The lowest BCUT2D eigenvalue weighted by atomic mass is 10.2. The molecule has 0 aromatic carbocycles. The number of nitrogens with zero attached hydrogens (tertiary/aromatic N) is 1. The Balaban J connectivity index is 2.41. The number of hydrogen-bond donors (Lipinski definition) is 2. The Bertz CT molecular complexity index is 502. The summed E-state index contributed by atoms with van der Waals surface area (Å²) in [5.74, 6) is 0. The molecule has 4 heteroatoms. The van der Waals surface area contributed by atoms with E-state index in [0.717, 1.165) is 11.3 Å². The topological polar surface area (TPSA) is 71.8 Å². The van der Waals surface area contributed by atoms with Gasteiger partial charge < -0.3 is 10.7 Å². The summed E-state index contributed by atoms with van der Waals surface area (Å²) in [6, 6.07) is 8.72. The highest BCUT2D eigenvalue weighted by Gasteiger charge is 1.99. The van der Waals surface area contributed by atoms with Crippen molar-refractivity contribution in [3.8, 4) is 11.4 Å². The normalized spacial score (nSPS) is 10.2. The summed E-state index contributed by atoms with van der Waals surface area (Å²) in [7, 11) is 0. The Labute approximate surface area is 86.8 Å². The van der Waals surface area contributed by atoms with Crippen molar-refractivity contribution in [2.45, 2.75) is 6.54 Å². The van der Waals surface area contributed by atoms with Gasteiger partial charge in [0.05, 0.1) is 11.4 Å². The monoisotopic (exact) mass is 201 g/mol. The third-order valence-corrected chi connectivity index (χ3v) is 2.10. The number of H-pyrrole nitrogens is 1. The standard InChI is InChI=1S/C11H11N3O/c12-6-8-4-5-9(13-7-8)10-2-1-3-11(15)14-10/h1-5,7H,6,12H2,(H,14,15). The number of nitrogens with two attached hydrogens (primary N) is 1. The van der Waals surface area contributed by atoms with E-state index in [1.165, 1.54) is 6.07 Å². The Morgan fingerprint density at radius 1 is 1.27 bits per heavy atom. The summed E-state index contributed by atoms with van der Waals surface area (Å²) in [6.07, 6.45) is 1.71. The van der Waals surface area contributed by atoms with Gasteiger partial charge in [-0.1, -0.05) is 12.1 Å². The lowest BCUT2D eigenvalue weighted by Crippen LogP contribution is -2.04. The minimum absolute atomic E-state index is 0.128.